The molecule has 0 saturated heterocycles. The topological polar surface area (TPSA) is 91.7 Å². The van der Waals surface area contributed by atoms with Gasteiger partial charge in [-0.3, -0.25) is 4.79 Å². The highest BCUT2D eigenvalue weighted by Crippen LogP contribution is 2.33. The number of esters is 1. The first kappa shape index (κ1) is 23.6. The van der Waals surface area contributed by atoms with Gasteiger partial charge in [-0.05, 0) is 42.8 Å². The molecule has 0 radical (unpaired) electrons. The normalized spacial score (nSPS) is 10.8. The summed E-state index contributed by atoms with van der Waals surface area (Å²) in [6.07, 6.45) is 5.53. The van der Waals surface area contributed by atoms with Crippen molar-refractivity contribution >= 4 is 18.0 Å². The van der Waals surface area contributed by atoms with Gasteiger partial charge >= 0.3 is 5.97 Å². The third kappa shape index (κ3) is 6.22. The summed E-state index contributed by atoms with van der Waals surface area (Å²) < 4.78 is 17.5. The molecule has 0 saturated carbocycles. The Kier molecular flexibility index (Phi) is 8.24. The summed E-state index contributed by atoms with van der Waals surface area (Å²) in [5, 5.41) is 7.38. The van der Waals surface area contributed by atoms with Gasteiger partial charge in [0, 0.05) is 29.9 Å². The number of nitrogens with one attached hydrogen (secondary N) is 1. The van der Waals surface area contributed by atoms with Gasteiger partial charge in [0.2, 0.25) is 0 Å². The zero-order chi connectivity index (χ0) is 23.6. The number of methoxy groups -OCH3 is 2. The molecule has 2 aromatic carbocycles. The molecule has 0 fully saturated rings. The van der Waals surface area contributed by atoms with Crippen molar-refractivity contribution in [1.82, 2.24) is 15.1 Å². The van der Waals surface area contributed by atoms with Crippen molar-refractivity contribution < 1.29 is 23.8 Å². The fourth-order valence-corrected chi connectivity index (χ4v) is 3.09. The molecule has 33 heavy (non-hydrogen) atoms. The van der Waals surface area contributed by atoms with E-state index in [0.717, 1.165) is 17.7 Å². The quantitative estimate of drug-likeness (QED) is 0.375. The van der Waals surface area contributed by atoms with Crippen LogP contribution in [0.3, 0.4) is 0 Å². The summed E-state index contributed by atoms with van der Waals surface area (Å²) in [7, 11) is 3.14. The second-order valence-electron chi connectivity index (χ2n) is 7.07. The molecule has 1 N–H and O–H groups in total. The number of rotatable bonds is 10. The van der Waals surface area contributed by atoms with E-state index in [0.29, 0.717) is 29.3 Å². The Hall–Kier alpha value is -4.07. The molecule has 0 unspecified atom stereocenters. The van der Waals surface area contributed by atoms with Crippen LogP contribution < -0.4 is 14.8 Å². The minimum atomic E-state index is -0.618. The largest absolute Gasteiger partial charge is 0.493 e. The molecule has 1 amide bonds. The van der Waals surface area contributed by atoms with Crippen molar-refractivity contribution in [2.45, 2.75) is 13.3 Å². The van der Waals surface area contributed by atoms with Gasteiger partial charge in [0.1, 0.15) is 5.69 Å². The van der Waals surface area contributed by atoms with Crippen molar-refractivity contribution in [1.29, 1.82) is 0 Å². The van der Waals surface area contributed by atoms with Crippen LogP contribution >= 0.6 is 0 Å². The predicted octanol–water partition coefficient (Wildman–Crippen LogP) is 3.64. The number of amides is 1. The van der Waals surface area contributed by atoms with Crippen LogP contribution in [0.4, 0.5) is 0 Å². The standard InChI is InChI=1S/C25H27N3O5/c1-4-14-26-23(29)17-33-24(30)13-11-19-16-28(20-8-6-5-7-9-20)27-25(19)18-10-12-21(31-2)22(15-18)32-3/h5-13,15-16H,4,14,17H2,1-3H3,(H,26,29)/b13-11+. The van der Waals surface area contributed by atoms with Crippen LogP contribution in [0, 0.1) is 0 Å². The maximum absolute atomic E-state index is 12.2. The van der Waals surface area contributed by atoms with E-state index in [-0.39, 0.29) is 12.5 Å². The maximum atomic E-state index is 12.2. The molecule has 3 rings (SSSR count). The smallest absolute Gasteiger partial charge is 0.331 e. The van der Waals surface area contributed by atoms with Crippen LogP contribution in [0.15, 0.2) is 60.8 Å². The molecule has 0 aliphatic rings. The number of nitrogens with zero attached hydrogens (tertiary/aromatic N) is 2. The number of carbonyl (C=O) groups excluding carboxylic acids is 2. The monoisotopic (exact) mass is 449 g/mol. The Morgan fingerprint density at radius 2 is 1.82 bits per heavy atom. The highest BCUT2D eigenvalue weighted by molar-refractivity contribution is 5.90. The van der Waals surface area contributed by atoms with E-state index in [2.05, 4.69) is 5.32 Å². The molecule has 172 valence electrons. The Bertz CT molecular complexity index is 1120. The minimum absolute atomic E-state index is 0.324. The van der Waals surface area contributed by atoms with Gasteiger partial charge in [-0.25, -0.2) is 9.48 Å². The zero-order valence-electron chi connectivity index (χ0n) is 18.9. The highest BCUT2D eigenvalue weighted by atomic mass is 16.5. The summed E-state index contributed by atoms with van der Waals surface area (Å²) in [4.78, 5) is 23.8. The number of hydrogen-bond donors (Lipinski definition) is 1. The third-order valence-electron chi connectivity index (χ3n) is 4.74. The van der Waals surface area contributed by atoms with Gasteiger partial charge in [0.15, 0.2) is 18.1 Å². The Morgan fingerprint density at radius 3 is 2.52 bits per heavy atom. The van der Waals surface area contributed by atoms with Crippen LogP contribution in [0.2, 0.25) is 0 Å². The van der Waals surface area contributed by atoms with Gasteiger partial charge in [0.05, 0.1) is 19.9 Å². The lowest BCUT2D eigenvalue weighted by molar-refractivity contribution is -0.143. The molecule has 0 aliphatic heterocycles. The number of para-hydroxylation sites is 1. The summed E-state index contributed by atoms with van der Waals surface area (Å²) in [6.45, 7) is 2.16. The van der Waals surface area contributed by atoms with E-state index in [4.69, 9.17) is 19.3 Å². The average molecular weight is 450 g/mol. The molecule has 0 spiro atoms. The lowest BCUT2D eigenvalue weighted by Crippen LogP contribution is -2.28. The number of aromatic nitrogens is 2. The Balaban J connectivity index is 1.88. The third-order valence-corrected chi connectivity index (χ3v) is 4.74. The van der Waals surface area contributed by atoms with Crippen LogP contribution in [0.1, 0.15) is 18.9 Å². The lowest BCUT2D eigenvalue weighted by atomic mass is 10.1. The lowest BCUT2D eigenvalue weighted by Gasteiger charge is -2.09. The Morgan fingerprint density at radius 1 is 1.06 bits per heavy atom. The summed E-state index contributed by atoms with van der Waals surface area (Å²) in [6, 6.07) is 15.1. The second kappa shape index (κ2) is 11.5. The van der Waals surface area contributed by atoms with Crippen LogP contribution in [0.25, 0.3) is 23.0 Å². The first-order chi connectivity index (χ1) is 16.0. The van der Waals surface area contributed by atoms with Gasteiger partial charge in [0.25, 0.3) is 5.91 Å². The van der Waals surface area contributed by atoms with Crippen molar-refractivity contribution in [3.8, 4) is 28.4 Å². The summed E-state index contributed by atoms with van der Waals surface area (Å²) in [5.74, 6) is 0.219. The molecule has 0 atom stereocenters. The molecule has 1 heterocycles. The first-order valence-corrected chi connectivity index (χ1v) is 10.5. The molecule has 0 aliphatic carbocycles. The summed E-state index contributed by atoms with van der Waals surface area (Å²) >= 11 is 0. The molecule has 3 aromatic rings. The van der Waals surface area contributed by atoms with Gasteiger partial charge in [-0.15, -0.1) is 0 Å². The van der Waals surface area contributed by atoms with Crippen LogP contribution in [0.5, 0.6) is 11.5 Å². The zero-order valence-corrected chi connectivity index (χ0v) is 18.9. The molecule has 1 aromatic heterocycles. The number of ether oxygens (including phenoxy) is 3. The van der Waals surface area contributed by atoms with Gasteiger partial charge < -0.3 is 19.5 Å². The molecular weight excluding hydrogens is 422 g/mol. The van der Waals surface area contributed by atoms with Gasteiger partial charge in [-0.2, -0.15) is 5.10 Å². The first-order valence-electron chi connectivity index (χ1n) is 10.5. The van der Waals surface area contributed by atoms with Crippen molar-refractivity contribution in [3.05, 3.63) is 66.4 Å². The van der Waals surface area contributed by atoms with Crippen LogP contribution in [-0.4, -0.2) is 49.0 Å². The van der Waals surface area contributed by atoms with E-state index < -0.39 is 5.97 Å². The number of hydrogen-bond acceptors (Lipinski definition) is 6. The van der Waals surface area contributed by atoms with E-state index in [1.54, 1.807) is 31.0 Å². The molecule has 0 bridgehead atoms. The van der Waals surface area contributed by atoms with E-state index in [1.165, 1.54) is 6.08 Å². The highest BCUT2D eigenvalue weighted by Gasteiger charge is 2.14. The predicted molar refractivity (Wildman–Crippen MR) is 125 cm³/mol. The van der Waals surface area contributed by atoms with Crippen LogP contribution in [-0.2, 0) is 14.3 Å². The van der Waals surface area contributed by atoms with E-state index >= 15 is 0 Å². The van der Waals surface area contributed by atoms with Crippen molar-refractivity contribution in [2.24, 2.45) is 0 Å². The number of benzene rings is 2. The second-order valence-corrected chi connectivity index (χ2v) is 7.07. The minimum Gasteiger partial charge on any atom is -0.493 e. The molecule has 8 nitrogen and oxygen atoms in total. The number of carbonyl (C=O) groups is 2. The molecule has 8 heteroatoms. The van der Waals surface area contributed by atoms with E-state index in [9.17, 15) is 9.59 Å². The fourth-order valence-electron chi connectivity index (χ4n) is 3.09. The van der Waals surface area contributed by atoms with Gasteiger partial charge in [-0.1, -0.05) is 25.1 Å². The fraction of sp³-hybridized carbons (Fsp3) is 0.240. The maximum Gasteiger partial charge on any atom is 0.331 e. The average Bonchev–Trinajstić information content (AvgIpc) is 3.29. The summed E-state index contributed by atoms with van der Waals surface area (Å²) in [5.41, 5.74) is 2.99. The van der Waals surface area contributed by atoms with E-state index in [1.807, 2.05) is 55.6 Å². The SMILES string of the molecule is CCCNC(=O)COC(=O)/C=C/c1cn(-c2ccccc2)nc1-c1ccc(OC)c(OC)c1. The van der Waals surface area contributed by atoms with Crippen molar-refractivity contribution in [2.75, 3.05) is 27.4 Å². The Labute approximate surface area is 192 Å². The molecular formula is C25H27N3O5. The van der Waals surface area contributed by atoms with Crippen molar-refractivity contribution in [3.63, 3.8) is 0 Å².